The van der Waals surface area contributed by atoms with Gasteiger partial charge in [-0.1, -0.05) is 235 Å². The van der Waals surface area contributed by atoms with Gasteiger partial charge in [0, 0.05) is 49.5 Å². The maximum absolute atomic E-state index is 5.70. The number of hydrogen-bond donors (Lipinski definition) is 0. The molecule has 354 valence electrons. The summed E-state index contributed by atoms with van der Waals surface area (Å²) in [6.45, 7) is 13.9. The van der Waals surface area contributed by atoms with Gasteiger partial charge in [-0.2, -0.15) is 0 Å². The fourth-order valence-corrected chi connectivity index (χ4v) is 11.8. The Morgan fingerprint density at radius 3 is 1.80 bits per heavy atom. The van der Waals surface area contributed by atoms with Gasteiger partial charge in [-0.25, -0.2) is 9.97 Å². The molecule has 0 aliphatic heterocycles. The van der Waals surface area contributed by atoms with Crippen molar-refractivity contribution in [3.63, 3.8) is 0 Å². The lowest BCUT2D eigenvalue weighted by Gasteiger charge is -2.29. The first-order chi connectivity index (χ1) is 36.1. The molecule has 0 atom stereocenters. The maximum Gasteiger partial charge on any atom is 0.145 e. The molecule has 2 aromatic heterocycles. The highest BCUT2D eigenvalue weighted by Crippen LogP contribution is 2.51. The van der Waals surface area contributed by atoms with Crippen LogP contribution in [-0.2, 0) is 17.3 Å². The molecule has 0 spiro atoms. The maximum atomic E-state index is 5.70. The Morgan fingerprint density at radius 1 is 0.432 bits per heavy atom. The monoisotopic (exact) mass is 949 g/mol. The Morgan fingerprint density at radius 2 is 1.04 bits per heavy atom. The number of pyridine rings is 1. The molecule has 0 N–H and O–H groups in total. The standard InChI is InChI=1S/C71H55N3/c1-46-22-10-6-11-23-48-34-35-53(43-63(48)70(46,2)3)65-45-60(61-44-59(55-30-18-19-32-58(55)67(61)72-65)52-38-41-57-56-31-20-21-33-62(56)71(4,5)64(57)42-52)47-36-39-54(40-37-47)74-68(50-26-14-8-15-27-50)66(49-24-12-7-13-25-49)73-69(74)51-28-16-9-17-29-51/h6-22,24-45H,1,23H2,2-5H3/b11-6-,22-10-. The lowest BCUT2D eigenvalue weighted by atomic mass is 9.75. The zero-order valence-electron chi connectivity index (χ0n) is 42.3. The number of allylic oxidation sites excluding steroid dienone is 5. The van der Waals surface area contributed by atoms with E-state index in [1.54, 1.807) is 0 Å². The third kappa shape index (κ3) is 7.41. The van der Waals surface area contributed by atoms with Crippen molar-refractivity contribution in [1.82, 2.24) is 14.5 Å². The molecule has 9 aromatic carbocycles. The van der Waals surface area contributed by atoms with E-state index in [9.17, 15) is 0 Å². The van der Waals surface area contributed by atoms with Crippen molar-refractivity contribution >= 4 is 21.7 Å². The molecule has 0 bridgehead atoms. The van der Waals surface area contributed by atoms with Crippen LogP contribution in [0.3, 0.4) is 0 Å². The van der Waals surface area contributed by atoms with Gasteiger partial charge in [0.1, 0.15) is 5.82 Å². The van der Waals surface area contributed by atoms with Crippen molar-refractivity contribution in [1.29, 1.82) is 0 Å². The van der Waals surface area contributed by atoms with E-state index in [4.69, 9.17) is 9.97 Å². The predicted octanol–water partition coefficient (Wildman–Crippen LogP) is 18.4. The summed E-state index contributed by atoms with van der Waals surface area (Å²) in [5.41, 5.74) is 22.4. The Labute approximate surface area is 434 Å². The number of hydrogen-bond acceptors (Lipinski definition) is 2. The first-order valence-corrected chi connectivity index (χ1v) is 25.8. The van der Waals surface area contributed by atoms with E-state index in [1.807, 2.05) is 0 Å². The molecule has 13 rings (SSSR count). The van der Waals surface area contributed by atoms with E-state index < -0.39 is 0 Å². The van der Waals surface area contributed by atoms with Gasteiger partial charge in [-0.3, -0.25) is 4.57 Å². The van der Waals surface area contributed by atoms with Crippen LogP contribution in [0.2, 0.25) is 0 Å². The molecule has 0 unspecified atom stereocenters. The number of aromatic nitrogens is 3. The molecular weight excluding hydrogens is 895 g/mol. The average Bonchev–Trinajstić information content (AvgIpc) is 3.98. The van der Waals surface area contributed by atoms with Crippen LogP contribution in [0.15, 0.2) is 249 Å². The highest BCUT2D eigenvalue weighted by molar-refractivity contribution is 6.16. The minimum Gasteiger partial charge on any atom is -0.292 e. The van der Waals surface area contributed by atoms with Crippen molar-refractivity contribution in [3.8, 4) is 84.2 Å². The summed E-state index contributed by atoms with van der Waals surface area (Å²) < 4.78 is 2.34. The molecule has 0 saturated heterocycles. The highest BCUT2D eigenvalue weighted by Gasteiger charge is 2.35. The van der Waals surface area contributed by atoms with E-state index in [-0.39, 0.29) is 10.8 Å². The molecule has 0 radical (unpaired) electrons. The zero-order chi connectivity index (χ0) is 50.1. The van der Waals surface area contributed by atoms with E-state index >= 15 is 0 Å². The molecular formula is C71H55N3. The summed E-state index contributed by atoms with van der Waals surface area (Å²) in [4.78, 5) is 11.2. The Bertz CT molecular complexity index is 4080. The van der Waals surface area contributed by atoms with Gasteiger partial charge < -0.3 is 0 Å². The van der Waals surface area contributed by atoms with Crippen LogP contribution >= 0.6 is 0 Å². The van der Waals surface area contributed by atoms with Gasteiger partial charge in [0.15, 0.2) is 0 Å². The minimum atomic E-state index is -0.290. The van der Waals surface area contributed by atoms with E-state index in [0.717, 1.165) is 90.3 Å². The first kappa shape index (κ1) is 45.0. The van der Waals surface area contributed by atoms with Crippen LogP contribution in [0.5, 0.6) is 0 Å². The van der Waals surface area contributed by atoms with Crippen molar-refractivity contribution in [2.24, 2.45) is 0 Å². The average molecular weight is 950 g/mol. The van der Waals surface area contributed by atoms with Gasteiger partial charge in [-0.15, -0.1) is 0 Å². The molecule has 3 heteroatoms. The highest BCUT2D eigenvalue weighted by atomic mass is 15.1. The quantitative estimate of drug-likeness (QED) is 0.149. The van der Waals surface area contributed by atoms with Crippen molar-refractivity contribution in [2.75, 3.05) is 0 Å². The topological polar surface area (TPSA) is 30.7 Å². The Balaban J connectivity index is 1.05. The van der Waals surface area contributed by atoms with E-state index in [0.29, 0.717) is 0 Å². The van der Waals surface area contributed by atoms with Gasteiger partial charge in [0.2, 0.25) is 0 Å². The lowest BCUT2D eigenvalue weighted by Crippen LogP contribution is -2.20. The van der Waals surface area contributed by atoms with Crippen LogP contribution in [0, 0.1) is 0 Å². The third-order valence-electron chi connectivity index (χ3n) is 15.9. The number of benzene rings is 9. The minimum absolute atomic E-state index is 0.130. The molecule has 0 saturated carbocycles. The van der Waals surface area contributed by atoms with Crippen LogP contribution in [0.4, 0.5) is 0 Å². The van der Waals surface area contributed by atoms with Crippen LogP contribution in [0.25, 0.3) is 106 Å². The van der Waals surface area contributed by atoms with Crippen molar-refractivity contribution in [3.05, 3.63) is 271 Å². The van der Waals surface area contributed by atoms with E-state index in [1.165, 1.54) is 49.9 Å². The summed E-state index contributed by atoms with van der Waals surface area (Å²) in [6.07, 6.45) is 9.48. The Kier molecular flexibility index (Phi) is 10.7. The summed E-state index contributed by atoms with van der Waals surface area (Å²) in [5, 5.41) is 3.41. The van der Waals surface area contributed by atoms with Crippen molar-refractivity contribution in [2.45, 2.75) is 44.9 Å². The van der Waals surface area contributed by atoms with Crippen molar-refractivity contribution < 1.29 is 0 Å². The van der Waals surface area contributed by atoms with Crippen LogP contribution in [-0.4, -0.2) is 14.5 Å². The largest absolute Gasteiger partial charge is 0.292 e. The first-order valence-electron chi connectivity index (χ1n) is 25.8. The molecule has 74 heavy (non-hydrogen) atoms. The second kappa shape index (κ2) is 17.7. The molecule has 2 aliphatic rings. The summed E-state index contributed by atoms with van der Waals surface area (Å²) in [5.74, 6) is 0.885. The van der Waals surface area contributed by atoms with Crippen LogP contribution < -0.4 is 0 Å². The molecule has 2 heterocycles. The Hall–Kier alpha value is -8.92. The zero-order valence-corrected chi connectivity index (χ0v) is 42.3. The normalized spacial score (nSPS) is 15.2. The molecule has 3 nitrogen and oxygen atoms in total. The molecule has 0 amide bonds. The lowest BCUT2D eigenvalue weighted by molar-refractivity contribution is 0.635. The molecule has 11 aromatic rings. The second-order valence-corrected chi connectivity index (χ2v) is 21.0. The summed E-state index contributed by atoms with van der Waals surface area (Å²) in [6, 6.07) is 77.4. The van der Waals surface area contributed by atoms with Crippen LogP contribution in [0.1, 0.15) is 49.9 Å². The fourth-order valence-electron chi connectivity index (χ4n) is 11.8. The van der Waals surface area contributed by atoms with Gasteiger partial charge in [0.25, 0.3) is 0 Å². The van der Waals surface area contributed by atoms with E-state index in [2.05, 4.69) is 275 Å². The smallest absolute Gasteiger partial charge is 0.145 e. The fraction of sp³-hybridized carbons (Fsp3) is 0.0986. The SMILES string of the molecule is C=C1/C=C\C=C/Cc2ccc(-c3cc(-c4ccc(-n5c(-c6ccccc6)nc(-c6ccccc6)c5-c5ccccc5)cc4)c4cc(-c5ccc6c(c5)C(C)(C)c5ccccc5-6)c5ccccc5c4n3)cc2C1(C)C. The summed E-state index contributed by atoms with van der Waals surface area (Å²) in [7, 11) is 0. The number of imidazole rings is 1. The third-order valence-corrected chi connectivity index (χ3v) is 15.9. The summed E-state index contributed by atoms with van der Waals surface area (Å²) >= 11 is 0. The molecule has 0 fully saturated rings. The number of rotatable bonds is 7. The van der Waals surface area contributed by atoms with Gasteiger partial charge in [-0.05, 0) is 109 Å². The predicted molar refractivity (Wildman–Crippen MR) is 311 cm³/mol. The molecule has 2 aliphatic carbocycles. The number of fused-ring (bicyclic) bond motifs is 7. The van der Waals surface area contributed by atoms with Gasteiger partial charge >= 0.3 is 0 Å². The second-order valence-electron chi connectivity index (χ2n) is 21.0. The van der Waals surface area contributed by atoms with Gasteiger partial charge in [0.05, 0.1) is 22.6 Å². The number of nitrogens with zero attached hydrogens (tertiary/aromatic N) is 3.